The minimum absolute atomic E-state index is 0.0646. The molecule has 0 heterocycles. The molecule has 0 aromatic heterocycles. The van der Waals surface area contributed by atoms with E-state index in [1.807, 2.05) is 30.3 Å². The van der Waals surface area contributed by atoms with Crippen molar-refractivity contribution in [1.82, 2.24) is 0 Å². The highest BCUT2D eigenvalue weighted by Crippen LogP contribution is 2.24. The van der Waals surface area contributed by atoms with Gasteiger partial charge in [-0.25, -0.2) is 0 Å². The van der Waals surface area contributed by atoms with E-state index in [4.69, 9.17) is 11.6 Å². The number of carbonyl (C=O) groups excluding carboxylic acids is 1. The van der Waals surface area contributed by atoms with Crippen LogP contribution in [0.5, 0.6) is 5.75 Å². The number of hydrogen-bond donors (Lipinski definition) is 1. The highest BCUT2D eigenvalue weighted by molar-refractivity contribution is 6.32. The van der Waals surface area contributed by atoms with Gasteiger partial charge in [0.15, 0.2) is 5.78 Å². The number of Topliss-reactive ketones (excluding diaryl/α,β-unsaturated/α-hetero) is 1. The number of carbonyl (C=O) groups is 1. The zero-order valence-electron chi connectivity index (χ0n) is 9.77. The van der Waals surface area contributed by atoms with Crippen LogP contribution in [0.1, 0.15) is 22.3 Å². The number of halogens is 1. The molecular formula is C15H13ClO2. The van der Waals surface area contributed by atoms with E-state index in [9.17, 15) is 9.90 Å². The van der Waals surface area contributed by atoms with Crippen LogP contribution in [0.15, 0.2) is 48.5 Å². The lowest BCUT2D eigenvalue weighted by molar-refractivity contribution is 0.0983. The molecule has 0 aliphatic carbocycles. The smallest absolute Gasteiger partial charge is 0.163 e. The molecule has 0 bridgehead atoms. The summed E-state index contributed by atoms with van der Waals surface area (Å²) in [6.45, 7) is 0. The van der Waals surface area contributed by atoms with Crippen LogP contribution in [0, 0.1) is 0 Å². The molecule has 2 aromatic carbocycles. The predicted octanol–water partition coefficient (Wildman–Crippen LogP) is 3.86. The van der Waals surface area contributed by atoms with Gasteiger partial charge < -0.3 is 5.11 Å². The van der Waals surface area contributed by atoms with Crippen molar-refractivity contribution in [3.8, 4) is 5.75 Å². The number of hydrogen-bond acceptors (Lipinski definition) is 2. The maximum atomic E-state index is 11.9. The molecule has 0 atom stereocenters. The van der Waals surface area contributed by atoms with Gasteiger partial charge in [-0.2, -0.15) is 0 Å². The summed E-state index contributed by atoms with van der Waals surface area (Å²) < 4.78 is 0. The second-order valence-corrected chi connectivity index (χ2v) is 4.48. The molecule has 1 N–H and O–H groups in total. The van der Waals surface area contributed by atoms with Crippen molar-refractivity contribution in [1.29, 1.82) is 0 Å². The summed E-state index contributed by atoms with van der Waals surface area (Å²) >= 11 is 5.81. The maximum absolute atomic E-state index is 11.9. The van der Waals surface area contributed by atoms with Crippen molar-refractivity contribution >= 4 is 17.4 Å². The Morgan fingerprint density at radius 1 is 1.11 bits per heavy atom. The van der Waals surface area contributed by atoms with Crippen molar-refractivity contribution in [2.75, 3.05) is 0 Å². The van der Waals surface area contributed by atoms with E-state index >= 15 is 0 Å². The van der Waals surface area contributed by atoms with Crippen molar-refractivity contribution in [2.45, 2.75) is 12.8 Å². The van der Waals surface area contributed by atoms with Crippen LogP contribution in [0.25, 0.3) is 0 Å². The van der Waals surface area contributed by atoms with Crippen molar-refractivity contribution in [3.05, 3.63) is 64.7 Å². The Morgan fingerprint density at radius 3 is 2.50 bits per heavy atom. The third kappa shape index (κ3) is 3.11. The topological polar surface area (TPSA) is 37.3 Å². The van der Waals surface area contributed by atoms with E-state index < -0.39 is 0 Å². The summed E-state index contributed by atoms with van der Waals surface area (Å²) in [6.07, 6.45) is 1.05. The number of aryl methyl sites for hydroxylation is 1. The molecule has 92 valence electrons. The minimum Gasteiger partial charge on any atom is -0.506 e. The lowest BCUT2D eigenvalue weighted by Crippen LogP contribution is -2.00. The van der Waals surface area contributed by atoms with E-state index in [1.165, 1.54) is 0 Å². The second kappa shape index (κ2) is 5.69. The molecule has 0 aliphatic rings. The molecule has 0 saturated carbocycles. The maximum Gasteiger partial charge on any atom is 0.163 e. The van der Waals surface area contributed by atoms with Crippen LogP contribution in [0.3, 0.4) is 0 Å². The fourth-order valence-corrected chi connectivity index (χ4v) is 1.94. The summed E-state index contributed by atoms with van der Waals surface area (Å²) in [7, 11) is 0. The molecule has 0 radical (unpaired) electrons. The number of aromatic hydroxyl groups is 1. The molecular weight excluding hydrogens is 248 g/mol. The number of phenolic OH excluding ortho intramolecular Hbond substituents is 1. The van der Waals surface area contributed by atoms with Crippen LogP contribution >= 0.6 is 11.6 Å². The number of ketones is 1. The van der Waals surface area contributed by atoms with Gasteiger partial charge in [0.2, 0.25) is 0 Å². The summed E-state index contributed by atoms with van der Waals surface area (Å²) in [5.74, 6) is 0.176. The van der Waals surface area contributed by atoms with Gasteiger partial charge >= 0.3 is 0 Å². The fourth-order valence-electron chi connectivity index (χ4n) is 1.73. The Hall–Kier alpha value is -1.80. The highest BCUT2D eigenvalue weighted by Gasteiger charge is 2.06. The Kier molecular flexibility index (Phi) is 4.00. The SMILES string of the molecule is O=C(CCc1ccc(O)c(Cl)c1)c1ccccc1. The van der Waals surface area contributed by atoms with Gasteiger partial charge in [-0.05, 0) is 24.1 Å². The van der Waals surface area contributed by atoms with E-state index in [2.05, 4.69) is 0 Å². The highest BCUT2D eigenvalue weighted by atomic mass is 35.5. The molecule has 3 heteroatoms. The fraction of sp³-hybridized carbons (Fsp3) is 0.133. The molecule has 0 amide bonds. The summed E-state index contributed by atoms with van der Waals surface area (Å²) in [5.41, 5.74) is 1.67. The van der Waals surface area contributed by atoms with E-state index in [1.54, 1.807) is 18.2 Å². The lowest BCUT2D eigenvalue weighted by Gasteiger charge is -2.03. The van der Waals surface area contributed by atoms with E-state index in [-0.39, 0.29) is 11.5 Å². The average Bonchev–Trinajstić information content (AvgIpc) is 2.41. The third-order valence-corrected chi connectivity index (χ3v) is 3.05. The number of benzene rings is 2. The molecule has 0 unspecified atom stereocenters. The van der Waals surface area contributed by atoms with Crippen LogP contribution < -0.4 is 0 Å². The van der Waals surface area contributed by atoms with Crippen LogP contribution in [0.4, 0.5) is 0 Å². The number of phenols is 1. The molecule has 2 rings (SSSR count). The molecule has 0 spiro atoms. The summed E-state index contributed by atoms with van der Waals surface area (Å²) in [6, 6.07) is 14.2. The minimum atomic E-state index is 0.0646. The van der Waals surface area contributed by atoms with Crippen LogP contribution in [-0.2, 0) is 6.42 Å². The molecule has 0 aliphatic heterocycles. The quantitative estimate of drug-likeness (QED) is 0.848. The Bertz CT molecular complexity index is 550. The van der Waals surface area contributed by atoms with Gasteiger partial charge in [-0.1, -0.05) is 48.0 Å². The Balaban J connectivity index is 1.99. The summed E-state index contributed by atoms with van der Waals surface area (Å²) in [5, 5.41) is 9.62. The van der Waals surface area contributed by atoms with Gasteiger partial charge in [0, 0.05) is 12.0 Å². The number of rotatable bonds is 4. The summed E-state index contributed by atoms with van der Waals surface area (Å²) in [4.78, 5) is 11.9. The molecule has 18 heavy (non-hydrogen) atoms. The standard InChI is InChI=1S/C15H13ClO2/c16-13-10-11(7-9-15(13)18)6-8-14(17)12-4-2-1-3-5-12/h1-5,7,9-10,18H,6,8H2. The largest absolute Gasteiger partial charge is 0.506 e. The van der Waals surface area contributed by atoms with Gasteiger partial charge in [-0.3, -0.25) is 4.79 Å². The van der Waals surface area contributed by atoms with Crippen molar-refractivity contribution in [3.63, 3.8) is 0 Å². The first-order chi connectivity index (χ1) is 8.66. The lowest BCUT2D eigenvalue weighted by atomic mass is 10.0. The van der Waals surface area contributed by atoms with Gasteiger partial charge in [0.1, 0.15) is 5.75 Å². The first-order valence-corrected chi connectivity index (χ1v) is 6.10. The van der Waals surface area contributed by atoms with Crippen molar-refractivity contribution < 1.29 is 9.90 Å². The average molecular weight is 261 g/mol. The second-order valence-electron chi connectivity index (χ2n) is 4.07. The van der Waals surface area contributed by atoms with Crippen LogP contribution in [-0.4, -0.2) is 10.9 Å². The zero-order valence-corrected chi connectivity index (χ0v) is 10.5. The van der Waals surface area contributed by atoms with Gasteiger partial charge in [0.25, 0.3) is 0 Å². The van der Waals surface area contributed by atoms with Gasteiger partial charge in [0.05, 0.1) is 5.02 Å². The van der Waals surface area contributed by atoms with Gasteiger partial charge in [-0.15, -0.1) is 0 Å². The van der Waals surface area contributed by atoms with Crippen molar-refractivity contribution in [2.24, 2.45) is 0 Å². The first kappa shape index (κ1) is 12.7. The first-order valence-electron chi connectivity index (χ1n) is 5.72. The van der Waals surface area contributed by atoms with Crippen LogP contribution in [0.2, 0.25) is 5.02 Å². The van der Waals surface area contributed by atoms with E-state index in [0.29, 0.717) is 17.9 Å². The third-order valence-electron chi connectivity index (χ3n) is 2.75. The Labute approximate surface area is 111 Å². The Morgan fingerprint density at radius 2 is 1.83 bits per heavy atom. The normalized spacial score (nSPS) is 10.3. The molecule has 2 nitrogen and oxygen atoms in total. The zero-order chi connectivity index (χ0) is 13.0. The monoisotopic (exact) mass is 260 g/mol. The van der Waals surface area contributed by atoms with E-state index in [0.717, 1.165) is 11.1 Å². The molecule has 0 saturated heterocycles. The predicted molar refractivity (Wildman–Crippen MR) is 72.2 cm³/mol. The molecule has 2 aromatic rings. The molecule has 0 fully saturated rings.